The number of hydrogen-bond donors (Lipinski definition) is 2. The summed E-state index contributed by atoms with van der Waals surface area (Å²) in [6.07, 6.45) is -10.9. The Bertz CT molecular complexity index is 1840. The molecule has 0 aliphatic rings. The lowest BCUT2D eigenvalue weighted by Gasteiger charge is -2.20. The van der Waals surface area contributed by atoms with Gasteiger partial charge in [0, 0.05) is 22.6 Å². The molecule has 0 aliphatic carbocycles. The minimum Gasteiger partial charge on any atom is -0.495 e. The third-order valence-electron chi connectivity index (χ3n) is 6.01. The van der Waals surface area contributed by atoms with E-state index < -0.39 is 78.1 Å². The van der Waals surface area contributed by atoms with E-state index in [1.165, 1.54) is 0 Å². The van der Waals surface area contributed by atoms with Gasteiger partial charge in [-0.15, -0.1) is 11.3 Å². The number of benzene rings is 3. The Morgan fingerprint density at radius 2 is 1.55 bits per heavy atom. The Balaban J connectivity index is 1.69. The smallest absolute Gasteiger partial charge is 0.458 e. The molecule has 0 saturated heterocycles. The molecule has 0 spiro atoms. The first kappa shape index (κ1) is 32.6. The van der Waals surface area contributed by atoms with Gasteiger partial charge in [-0.05, 0) is 23.3 Å². The summed E-state index contributed by atoms with van der Waals surface area (Å²) in [4.78, 5) is 14.9. The normalized spacial score (nSPS) is 12.7. The highest BCUT2D eigenvalue weighted by atomic mass is 32.2. The Morgan fingerprint density at radius 1 is 0.932 bits per heavy atom. The summed E-state index contributed by atoms with van der Waals surface area (Å²) in [6.45, 7) is 0. The number of sulfonamides is 1. The number of carbonyl (C=O) groups is 1. The molecule has 0 amide bonds. The van der Waals surface area contributed by atoms with Gasteiger partial charge in [-0.1, -0.05) is 36.4 Å². The van der Waals surface area contributed by atoms with Gasteiger partial charge >= 0.3 is 24.2 Å². The minimum absolute atomic E-state index is 0.120. The fraction of sp³-hybridized carbons (Fsp3) is 0.154. The number of halogens is 9. The second-order valence-corrected chi connectivity index (χ2v) is 11.3. The molecule has 234 valence electrons. The third-order valence-corrected chi connectivity index (χ3v) is 8.29. The van der Waals surface area contributed by atoms with Crippen molar-refractivity contribution in [3.63, 3.8) is 0 Å². The predicted molar refractivity (Wildman–Crippen MR) is 139 cm³/mol. The van der Waals surface area contributed by atoms with Gasteiger partial charge in [0.15, 0.2) is 5.03 Å². The lowest BCUT2D eigenvalue weighted by atomic mass is 9.97. The molecule has 0 aliphatic heterocycles. The van der Waals surface area contributed by atoms with Gasteiger partial charge in [-0.3, -0.25) is 4.72 Å². The van der Waals surface area contributed by atoms with E-state index in [2.05, 4.69) is 4.98 Å². The lowest BCUT2D eigenvalue weighted by molar-refractivity contribution is -0.289. The average Bonchev–Trinajstić information content (AvgIpc) is 3.43. The summed E-state index contributed by atoms with van der Waals surface area (Å²) in [5, 5.41) is 8.72. The number of nitrogens with one attached hydrogen (secondary N) is 1. The van der Waals surface area contributed by atoms with Crippen molar-refractivity contribution >= 4 is 33.0 Å². The van der Waals surface area contributed by atoms with Crippen LogP contribution in [0.15, 0.2) is 65.0 Å². The number of anilines is 1. The van der Waals surface area contributed by atoms with Gasteiger partial charge < -0.3 is 9.84 Å². The van der Waals surface area contributed by atoms with Gasteiger partial charge in [-0.2, -0.15) is 43.5 Å². The molecule has 0 radical (unpaired) electrons. The van der Waals surface area contributed by atoms with Gasteiger partial charge in [0.25, 0.3) is 10.0 Å². The maximum atomic E-state index is 14.2. The van der Waals surface area contributed by atoms with Crippen molar-refractivity contribution in [1.29, 1.82) is 0 Å². The van der Waals surface area contributed by atoms with E-state index in [9.17, 15) is 52.7 Å². The molecule has 0 atom stereocenters. The van der Waals surface area contributed by atoms with Crippen molar-refractivity contribution in [1.82, 2.24) is 4.98 Å². The molecule has 0 unspecified atom stereocenters. The van der Waals surface area contributed by atoms with Crippen molar-refractivity contribution in [3.8, 4) is 27.4 Å². The summed E-state index contributed by atoms with van der Waals surface area (Å²) in [7, 11) is -3.63. The Hall–Kier alpha value is -4.32. The monoisotopic (exact) mass is 670 g/mol. The second-order valence-electron chi connectivity index (χ2n) is 8.84. The highest BCUT2D eigenvalue weighted by Gasteiger charge is 2.58. The molecule has 18 heteroatoms. The highest BCUT2D eigenvalue weighted by molar-refractivity contribution is 7.92. The summed E-state index contributed by atoms with van der Waals surface area (Å²) in [6, 6.07) is 6.33. The zero-order chi connectivity index (χ0) is 32.8. The fourth-order valence-corrected chi connectivity index (χ4v) is 6.04. The molecule has 7 nitrogen and oxygen atoms in total. The fourth-order valence-electron chi connectivity index (χ4n) is 3.85. The number of ether oxygens (including phenoxy) is 1. The lowest BCUT2D eigenvalue weighted by Crippen LogP contribution is -2.33. The van der Waals surface area contributed by atoms with Crippen LogP contribution in [0.25, 0.3) is 21.7 Å². The summed E-state index contributed by atoms with van der Waals surface area (Å²) < 4.78 is 154. The van der Waals surface area contributed by atoms with Crippen LogP contribution in [0.2, 0.25) is 0 Å². The average molecular weight is 671 g/mol. The molecule has 1 heterocycles. The highest BCUT2D eigenvalue weighted by Crippen LogP contribution is 2.45. The second kappa shape index (κ2) is 11.3. The molecule has 0 saturated carbocycles. The Kier molecular flexibility index (Phi) is 8.38. The number of rotatable bonds is 8. The first-order valence-corrected chi connectivity index (χ1v) is 14.0. The maximum absolute atomic E-state index is 14.2. The van der Waals surface area contributed by atoms with Crippen molar-refractivity contribution < 1.29 is 62.6 Å². The van der Waals surface area contributed by atoms with Crippen molar-refractivity contribution in [2.24, 2.45) is 0 Å². The summed E-state index contributed by atoms with van der Waals surface area (Å²) >= 11 is 0.495. The zero-order valence-electron chi connectivity index (χ0n) is 21.5. The molecule has 0 fully saturated rings. The van der Waals surface area contributed by atoms with Crippen molar-refractivity contribution in [2.45, 2.75) is 23.3 Å². The van der Waals surface area contributed by atoms with Crippen molar-refractivity contribution in [2.75, 3.05) is 11.8 Å². The summed E-state index contributed by atoms with van der Waals surface area (Å²) in [5.41, 5.74) is -4.98. The largest absolute Gasteiger partial charge is 0.495 e. The van der Waals surface area contributed by atoms with Crippen LogP contribution >= 0.6 is 11.3 Å². The van der Waals surface area contributed by atoms with Gasteiger partial charge in [0.05, 0.1) is 23.9 Å². The van der Waals surface area contributed by atoms with Crippen LogP contribution in [0.4, 0.5) is 45.2 Å². The minimum atomic E-state index is -5.89. The zero-order valence-corrected chi connectivity index (χ0v) is 23.2. The molecular formula is C26H15F9N2O5S2. The maximum Gasteiger partial charge on any atom is 0.458 e. The van der Waals surface area contributed by atoms with Gasteiger partial charge in [-0.25, -0.2) is 14.2 Å². The third kappa shape index (κ3) is 6.30. The van der Waals surface area contributed by atoms with Crippen molar-refractivity contribution in [3.05, 3.63) is 82.5 Å². The number of carboxylic acids is 1. The number of alkyl halides is 8. The molecule has 4 rings (SSSR count). The molecule has 2 N–H and O–H groups in total. The van der Waals surface area contributed by atoms with E-state index in [0.717, 1.165) is 36.8 Å². The standard InChI is InChI=1S/C26H15F9N2O5S2/c1-42-20-9-16(23(38)39)18(27)10-19(20)37-44(40,41)21-11-43-22(36-21)15-7-4-13(8-17(15)25(30,31)32)12-2-5-14(6-3-12)24(28,29)26(33,34)35/h2-11,37H,1H3,(H,38,39). The Labute approximate surface area is 245 Å². The van der Waals surface area contributed by atoms with Gasteiger partial charge in [0.1, 0.15) is 16.6 Å². The summed E-state index contributed by atoms with van der Waals surface area (Å²) in [5.74, 6) is -8.54. The number of aromatic nitrogens is 1. The van der Waals surface area contributed by atoms with Crippen LogP contribution in [0, 0.1) is 5.82 Å². The van der Waals surface area contributed by atoms with E-state index in [0.29, 0.717) is 41.7 Å². The number of aromatic carboxylic acids is 1. The van der Waals surface area contributed by atoms with Crippen LogP contribution in [0.1, 0.15) is 21.5 Å². The van der Waals surface area contributed by atoms with Crippen LogP contribution in [0.3, 0.4) is 0 Å². The van der Waals surface area contributed by atoms with E-state index in [1.807, 2.05) is 4.72 Å². The Morgan fingerprint density at radius 3 is 2.09 bits per heavy atom. The van der Waals surface area contributed by atoms with E-state index in [1.54, 1.807) is 0 Å². The molecule has 3 aromatic carbocycles. The van der Waals surface area contributed by atoms with E-state index >= 15 is 0 Å². The van der Waals surface area contributed by atoms with Crippen LogP contribution < -0.4 is 9.46 Å². The molecular weight excluding hydrogens is 655 g/mol. The molecule has 1 aromatic heterocycles. The van der Waals surface area contributed by atoms with Gasteiger partial charge in [0.2, 0.25) is 0 Å². The molecule has 4 aromatic rings. The van der Waals surface area contributed by atoms with E-state index in [-0.39, 0.29) is 16.9 Å². The molecule has 44 heavy (non-hydrogen) atoms. The SMILES string of the molecule is COc1cc(C(=O)O)c(F)cc1NS(=O)(=O)c1csc(-c2ccc(-c3ccc(C(F)(F)C(F)(F)F)cc3)cc2C(F)(F)F)n1. The number of carboxylic acid groups (broad SMARTS) is 1. The van der Waals surface area contributed by atoms with Crippen LogP contribution in [-0.4, -0.2) is 37.8 Å². The number of nitrogens with zero attached hydrogens (tertiary/aromatic N) is 1. The number of hydrogen-bond acceptors (Lipinski definition) is 6. The topological polar surface area (TPSA) is 106 Å². The predicted octanol–water partition coefficient (Wildman–Crippen LogP) is 7.80. The first-order valence-electron chi connectivity index (χ1n) is 11.6. The number of methoxy groups -OCH3 is 1. The van der Waals surface area contributed by atoms with Crippen LogP contribution in [0.5, 0.6) is 5.75 Å². The number of thiazole rings is 1. The van der Waals surface area contributed by atoms with E-state index in [4.69, 9.17) is 9.84 Å². The first-order chi connectivity index (χ1) is 20.3. The quantitative estimate of drug-likeness (QED) is 0.186. The molecule has 0 bridgehead atoms. The van der Waals surface area contributed by atoms with Crippen LogP contribution in [-0.2, 0) is 22.1 Å².